The normalized spacial score (nSPS) is 15.5. The van der Waals surface area contributed by atoms with E-state index in [0.717, 1.165) is 18.2 Å². The van der Waals surface area contributed by atoms with E-state index in [2.05, 4.69) is 17.4 Å². The second-order valence-corrected chi connectivity index (χ2v) is 3.92. The summed E-state index contributed by atoms with van der Waals surface area (Å²) in [6.45, 7) is 2.15. The van der Waals surface area contributed by atoms with Gasteiger partial charge in [-0.2, -0.15) is 0 Å². The summed E-state index contributed by atoms with van der Waals surface area (Å²) in [4.78, 5) is 0. The standard InChI is InChI=1S/C12H17NO/c1-14-12-6-4-11(5-7-12)9-13-8-10-2-3-10/h4-7,10,13H,2-3,8-9H2,1H3. The number of ether oxygens (including phenoxy) is 1. The van der Waals surface area contributed by atoms with Gasteiger partial charge in [-0.3, -0.25) is 0 Å². The van der Waals surface area contributed by atoms with Crippen LogP contribution in [0.25, 0.3) is 0 Å². The van der Waals surface area contributed by atoms with Gasteiger partial charge in [0.15, 0.2) is 0 Å². The minimum atomic E-state index is 0.927. The maximum atomic E-state index is 5.10. The number of nitrogens with one attached hydrogen (secondary N) is 1. The topological polar surface area (TPSA) is 21.3 Å². The van der Waals surface area contributed by atoms with Gasteiger partial charge < -0.3 is 10.1 Å². The summed E-state index contributed by atoms with van der Waals surface area (Å²) in [6.07, 6.45) is 2.82. The number of hydrogen-bond acceptors (Lipinski definition) is 2. The van der Waals surface area contributed by atoms with Crippen LogP contribution in [0.5, 0.6) is 5.75 Å². The molecular weight excluding hydrogens is 174 g/mol. The van der Waals surface area contributed by atoms with Crippen LogP contribution in [0.15, 0.2) is 24.3 Å². The third kappa shape index (κ3) is 2.74. The first kappa shape index (κ1) is 9.53. The van der Waals surface area contributed by atoms with Crippen LogP contribution in [0.1, 0.15) is 18.4 Å². The van der Waals surface area contributed by atoms with Gasteiger partial charge in [0, 0.05) is 6.54 Å². The molecule has 2 rings (SSSR count). The Bertz CT molecular complexity index is 277. The molecule has 1 fully saturated rings. The molecule has 1 aliphatic carbocycles. The van der Waals surface area contributed by atoms with Crippen molar-refractivity contribution >= 4 is 0 Å². The highest BCUT2D eigenvalue weighted by Crippen LogP contribution is 2.27. The van der Waals surface area contributed by atoms with Crippen LogP contribution in [-0.4, -0.2) is 13.7 Å². The van der Waals surface area contributed by atoms with E-state index in [9.17, 15) is 0 Å². The molecule has 1 aromatic carbocycles. The van der Waals surface area contributed by atoms with Crippen LogP contribution in [-0.2, 0) is 6.54 Å². The molecule has 0 spiro atoms. The Morgan fingerprint density at radius 2 is 2.00 bits per heavy atom. The summed E-state index contributed by atoms with van der Waals surface area (Å²) in [5.41, 5.74) is 1.33. The molecule has 14 heavy (non-hydrogen) atoms. The minimum Gasteiger partial charge on any atom is -0.497 e. The van der Waals surface area contributed by atoms with Crippen molar-refractivity contribution in [2.45, 2.75) is 19.4 Å². The van der Waals surface area contributed by atoms with Gasteiger partial charge >= 0.3 is 0 Å². The molecule has 2 nitrogen and oxygen atoms in total. The predicted molar refractivity (Wildman–Crippen MR) is 57.4 cm³/mol. The Balaban J connectivity index is 1.77. The number of hydrogen-bond donors (Lipinski definition) is 1. The molecule has 0 amide bonds. The average Bonchev–Trinajstić information content (AvgIpc) is 3.03. The minimum absolute atomic E-state index is 0.927. The van der Waals surface area contributed by atoms with Crippen LogP contribution in [0.3, 0.4) is 0 Å². The lowest BCUT2D eigenvalue weighted by molar-refractivity contribution is 0.414. The van der Waals surface area contributed by atoms with Gasteiger partial charge in [0.2, 0.25) is 0 Å². The van der Waals surface area contributed by atoms with Gasteiger partial charge in [-0.05, 0) is 43.0 Å². The lowest BCUT2D eigenvalue weighted by atomic mass is 10.2. The maximum Gasteiger partial charge on any atom is 0.118 e. The molecule has 0 atom stereocenters. The summed E-state index contributed by atoms with van der Waals surface area (Å²) in [7, 11) is 1.69. The highest BCUT2D eigenvalue weighted by molar-refractivity contribution is 5.26. The van der Waals surface area contributed by atoms with E-state index < -0.39 is 0 Å². The summed E-state index contributed by atoms with van der Waals surface area (Å²) in [5, 5.41) is 3.46. The molecule has 1 aromatic rings. The highest BCUT2D eigenvalue weighted by atomic mass is 16.5. The van der Waals surface area contributed by atoms with E-state index in [4.69, 9.17) is 4.74 Å². The summed E-state index contributed by atoms with van der Waals surface area (Å²) in [5.74, 6) is 1.88. The molecule has 2 heteroatoms. The van der Waals surface area contributed by atoms with Crippen molar-refractivity contribution in [3.05, 3.63) is 29.8 Å². The molecule has 76 valence electrons. The molecule has 0 saturated heterocycles. The average molecular weight is 191 g/mol. The maximum absolute atomic E-state index is 5.10. The number of methoxy groups -OCH3 is 1. The van der Waals surface area contributed by atoms with Gasteiger partial charge in [0.25, 0.3) is 0 Å². The van der Waals surface area contributed by atoms with Crippen molar-refractivity contribution in [3.63, 3.8) is 0 Å². The molecule has 0 aromatic heterocycles. The lowest BCUT2D eigenvalue weighted by Crippen LogP contribution is -2.15. The van der Waals surface area contributed by atoms with E-state index in [1.807, 2.05) is 12.1 Å². The molecule has 1 aliphatic rings. The molecule has 0 bridgehead atoms. The molecule has 1 saturated carbocycles. The van der Waals surface area contributed by atoms with E-state index in [-0.39, 0.29) is 0 Å². The molecule has 0 aliphatic heterocycles. The Morgan fingerprint density at radius 3 is 2.57 bits per heavy atom. The summed E-state index contributed by atoms with van der Waals surface area (Å²) in [6, 6.07) is 8.24. The van der Waals surface area contributed by atoms with Crippen molar-refractivity contribution in [3.8, 4) is 5.75 Å². The largest absolute Gasteiger partial charge is 0.497 e. The van der Waals surface area contributed by atoms with Crippen molar-refractivity contribution < 1.29 is 4.74 Å². The Labute approximate surface area is 85.3 Å². The molecular formula is C12H17NO. The van der Waals surface area contributed by atoms with E-state index >= 15 is 0 Å². The second kappa shape index (κ2) is 4.47. The van der Waals surface area contributed by atoms with Crippen LogP contribution in [0.4, 0.5) is 0 Å². The van der Waals surface area contributed by atoms with Crippen molar-refractivity contribution in [2.75, 3.05) is 13.7 Å². The Hall–Kier alpha value is -1.02. The van der Waals surface area contributed by atoms with Crippen LogP contribution < -0.4 is 10.1 Å². The lowest BCUT2D eigenvalue weighted by Gasteiger charge is -2.04. The SMILES string of the molecule is COc1ccc(CNCC2CC2)cc1. The zero-order chi connectivity index (χ0) is 9.80. The van der Waals surface area contributed by atoms with Crippen LogP contribution in [0, 0.1) is 5.92 Å². The van der Waals surface area contributed by atoms with Crippen molar-refractivity contribution in [1.29, 1.82) is 0 Å². The van der Waals surface area contributed by atoms with Crippen LogP contribution >= 0.6 is 0 Å². The third-order valence-electron chi connectivity index (χ3n) is 2.62. The van der Waals surface area contributed by atoms with Gasteiger partial charge in [-0.25, -0.2) is 0 Å². The van der Waals surface area contributed by atoms with Gasteiger partial charge in [0.1, 0.15) is 5.75 Å². The zero-order valence-electron chi connectivity index (χ0n) is 8.62. The van der Waals surface area contributed by atoms with E-state index in [0.29, 0.717) is 0 Å². The first-order valence-corrected chi connectivity index (χ1v) is 5.22. The monoisotopic (exact) mass is 191 g/mol. The van der Waals surface area contributed by atoms with Gasteiger partial charge in [0.05, 0.1) is 7.11 Å². The molecule has 0 radical (unpaired) electrons. The molecule has 0 unspecified atom stereocenters. The Kier molecular flexibility index (Phi) is 3.04. The summed E-state index contributed by atoms with van der Waals surface area (Å²) < 4.78 is 5.10. The fourth-order valence-electron chi connectivity index (χ4n) is 1.49. The second-order valence-electron chi connectivity index (χ2n) is 3.92. The molecule has 0 heterocycles. The van der Waals surface area contributed by atoms with Crippen molar-refractivity contribution in [1.82, 2.24) is 5.32 Å². The quantitative estimate of drug-likeness (QED) is 0.770. The number of benzene rings is 1. The fraction of sp³-hybridized carbons (Fsp3) is 0.500. The zero-order valence-corrected chi connectivity index (χ0v) is 8.62. The first-order valence-electron chi connectivity index (χ1n) is 5.22. The summed E-state index contributed by atoms with van der Waals surface area (Å²) >= 11 is 0. The predicted octanol–water partition coefficient (Wildman–Crippen LogP) is 2.19. The van der Waals surface area contributed by atoms with Gasteiger partial charge in [-0.15, -0.1) is 0 Å². The highest BCUT2D eigenvalue weighted by Gasteiger charge is 2.19. The molecule has 1 N–H and O–H groups in total. The Morgan fingerprint density at radius 1 is 1.29 bits per heavy atom. The van der Waals surface area contributed by atoms with Crippen LogP contribution in [0.2, 0.25) is 0 Å². The first-order chi connectivity index (χ1) is 6.88. The van der Waals surface area contributed by atoms with Crippen molar-refractivity contribution in [2.24, 2.45) is 5.92 Å². The van der Waals surface area contributed by atoms with Gasteiger partial charge in [-0.1, -0.05) is 12.1 Å². The fourth-order valence-corrected chi connectivity index (χ4v) is 1.49. The van der Waals surface area contributed by atoms with E-state index in [1.54, 1.807) is 7.11 Å². The van der Waals surface area contributed by atoms with E-state index in [1.165, 1.54) is 24.9 Å². The smallest absolute Gasteiger partial charge is 0.118 e. The number of rotatable bonds is 5. The third-order valence-corrected chi connectivity index (χ3v) is 2.62.